The van der Waals surface area contributed by atoms with Crippen LogP contribution in [0.4, 0.5) is 0 Å². The lowest BCUT2D eigenvalue weighted by molar-refractivity contribution is -0.162. The highest BCUT2D eigenvalue weighted by atomic mass is 35.5. The molecule has 0 spiro atoms. The predicted molar refractivity (Wildman–Crippen MR) is 118 cm³/mol. The average Bonchev–Trinajstić information content (AvgIpc) is 2.64. The molecule has 2 aromatic rings. The van der Waals surface area contributed by atoms with E-state index in [9.17, 15) is 14.7 Å². The number of carbonyl (C=O) groups excluding carboxylic acids is 1. The van der Waals surface area contributed by atoms with Crippen LogP contribution in [-0.4, -0.2) is 27.9 Å². The van der Waals surface area contributed by atoms with Crippen molar-refractivity contribution in [2.45, 2.75) is 57.0 Å². The van der Waals surface area contributed by atoms with E-state index in [1.807, 2.05) is 53.4 Å². The van der Waals surface area contributed by atoms with Gasteiger partial charge in [0, 0.05) is 22.0 Å². The summed E-state index contributed by atoms with van der Waals surface area (Å²) < 4.78 is 0. The Labute approximate surface area is 186 Å². The van der Waals surface area contributed by atoms with E-state index in [2.05, 4.69) is 0 Å². The molecule has 6 heteroatoms. The van der Waals surface area contributed by atoms with Crippen LogP contribution in [-0.2, 0) is 9.59 Å². The van der Waals surface area contributed by atoms with Crippen molar-refractivity contribution < 1.29 is 14.7 Å². The number of piperidine rings is 1. The molecule has 1 aliphatic heterocycles. The van der Waals surface area contributed by atoms with E-state index in [0.29, 0.717) is 16.5 Å². The summed E-state index contributed by atoms with van der Waals surface area (Å²) in [4.78, 5) is 27.4. The normalized spacial score (nSPS) is 27.0. The van der Waals surface area contributed by atoms with Crippen LogP contribution in [0, 0.1) is 5.41 Å². The molecule has 4 rings (SSSR count). The average molecular weight is 446 g/mol. The fraction of sp³-hybridized carbons (Fsp3) is 0.417. The summed E-state index contributed by atoms with van der Waals surface area (Å²) in [6.45, 7) is 1.80. The Kier molecular flexibility index (Phi) is 5.82. The Hall–Kier alpha value is -2.04. The summed E-state index contributed by atoms with van der Waals surface area (Å²) in [6.07, 6.45) is 3.25. The second kappa shape index (κ2) is 8.24. The third kappa shape index (κ3) is 3.95. The molecule has 2 fully saturated rings. The summed E-state index contributed by atoms with van der Waals surface area (Å²) in [5, 5.41) is 10.8. The van der Waals surface area contributed by atoms with E-state index in [1.165, 1.54) is 0 Å². The van der Waals surface area contributed by atoms with E-state index in [1.54, 1.807) is 6.92 Å². The van der Waals surface area contributed by atoms with Crippen LogP contribution in [0.15, 0.2) is 48.5 Å². The van der Waals surface area contributed by atoms with Gasteiger partial charge >= 0.3 is 5.97 Å². The van der Waals surface area contributed by atoms with Crippen molar-refractivity contribution >= 4 is 35.1 Å². The molecule has 158 valence electrons. The maximum atomic E-state index is 13.7. The summed E-state index contributed by atoms with van der Waals surface area (Å²) in [6, 6.07) is 15.3. The largest absolute Gasteiger partial charge is 0.481 e. The molecule has 0 aromatic heterocycles. The smallest absolute Gasteiger partial charge is 0.304 e. The Morgan fingerprint density at radius 1 is 1.10 bits per heavy atom. The van der Waals surface area contributed by atoms with Crippen molar-refractivity contribution in [3.8, 4) is 0 Å². The molecule has 1 amide bonds. The monoisotopic (exact) mass is 445 g/mol. The number of rotatable bonds is 5. The number of carbonyl (C=O) groups is 2. The van der Waals surface area contributed by atoms with Gasteiger partial charge < -0.3 is 10.0 Å². The minimum atomic E-state index is -0.961. The zero-order valence-electron chi connectivity index (χ0n) is 16.9. The summed E-state index contributed by atoms with van der Waals surface area (Å²) in [7, 11) is 0. The topological polar surface area (TPSA) is 57.6 Å². The standard InChI is InChI=1S/C24H25Cl2NO3/c1-24(14-21(28)29)13-20(16-4-2-5-18(26)12-16)22(15-8-10-17(25)11-9-15)27(23(24)30)19-6-3-7-19/h2,4-5,8-12,19-20,22H,3,6-7,13-14H2,1H3,(H,28,29)/t20-,22-,24-/m1/s1. The van der Waals surface area contributed by atoms with Gasteiger partial charge in [-0.25, -0.2) is 0 Å². The van der Waals surface area contributed by atoms with Gasteiger partial charge in [-0.2, -0.15) is 0 Å². The molecule has 4 nitrogen and oxygen atoms in total. The number of likely N-dealkylation sites (tertiary alicyclic amines) is 1. The van der Waals surface area contributed by atoms with Crippen molar-refractivity contribution in [1.82, 2.24) is 4.90 Å². The van der Waals surface area contributed by atoms with Gasteiger partial charge in [0.1, 0.15) is 0 Å². The number of carboxylic acids is 1. The molecule has 1 heterocycles. The first-order valence-electron chi connectivity index (χ1n) is 10.3. The fourth-order valence-corrected chi connectivity index (χ4v) is 5.27. The molecular weight excluding hydrogens is 421 g/mol. The Morgan fingerprint density at radius 3 is 2.37 bits per heavy atom. The minimum Gasteiger partial charge on any atom is -0.481 e. The van der Waals surface area contributed by atoms with Crippen LogP contribution in [0.5, 0.6) is 0 Å². The van der Waals surface area contributed by atoms with Gasteiger partial charge in [-0.05, 0) is 61.1 Å². The Morgan fingerprint density at radius 2 is 1.80 bits per heavy atom. The van der Waals surface area contributed by atoms with Gasteiger partial charge in [0.2, 0.25) is 5.91 Å². The number of nitrogens with zero attached hydrogens (tertiary/aromatic N) is 1. The maximum absolute atomic E-state index is 13.7. The first-order chi connectivity index (χ1) is 14.3. The van der Waals surface area contributed by atoms with Crippen molar-refractivity contribution in [2.75, 3.05) is 0 Å². The van der Waals surface area contributed by atoms with Crippen LogP contribution < -0.4 is 0 Å². The van der Waals surface area contributed by atoms with E-state index in [0.717, 1.165) is 30.4 Å². The lowest BCUT2D eigenvalue weighted by atomic mass is 9.66. The van der Waals surface area contributed by atoms with E-state index in [4.69, 9.17) is 23.2 Å². The van der Waals surface area contributed by atoms with Crippen molar-refractivity contribution in [2.24, 2.45) is 5.41 Å². The molecule has 3 atom stereocenters. The van der Waals surface area contributed by atoms with Crippen molar-refractivity contribution in [3.63, 3.8) is 0 Å². The Bertz CT molecular complexity index is 957. The van der Waals surface area contributed by atoms with Gasteiger partial charge in [0.05, 0.1) is 17.9 Å². The highest BCUT2D eigenvalue weighted by molar-refractivity contribution is 6.30. The number of benzene rings is 2. The van der Waals surface area contributed by atoms with Crippen LogP contribution in [0.1, 0.15) is 62.1 Å². The van der Waals surface area contributed by atoms with Gasteiger partial charge in [-0.3, -0.25) is 9.59 Å². The van der Waals surface area contributed by atoms with Crippen molar-refractivity contribution in [1.29, 1.82) is 0 Å². The molecule has 0 unspecified atom stereocenters. The molecule has 0 bridgehead atoms. The number of aliphatic carboxylic acids is 1. The third-order valence-corrected chi connectivity index (χ3v) is 7.09. The Balaban J connectivity index is 1.86. The number of carboxylic acid groups (broad SMARTS) is 1. The summed E-state index contributed by atoms with van der Waals surface area (Å²) >= 11 is 12.4. The van der Waals surface area contributed by atoms with Crippen LogP contribution in [0.25, 0.3) is 0 Å². The number of hydrogen-bond acceptors (Lipinski definition) is 2. The van der Waals surface area contributed by atoms with Gasteiger partial charge in [0.25, 0.3) is 0 Å². The highest BCUT2D eigenvalue weighted by Gasteiger charge is 2.53. The van der Waals surface area contributed by atoms with Gasteiger partial charge in [-0.15, -0.1) is 0 Å². The number of amides is 1. The first-order valence-corrected chi connectivity index (χ1v) is 11.1. The second-order valence-electron chi connectivity index (χ2n) is 8.79. The fourth-order valence-electron chi connectivity index (χ4n) is 4.95. The molecule has 0 radical (unpaired) electrons. The molecule has 30 heavy (non-hydrogen) atoms. The molecule has 1 saturated carbocycles. The lowest BCUT2D eigenvalue weighted by Gasteiger charge is -2.53. The SMILES string of the molecule is C[C@]1(CC(=O)O)C[C@H](c2cccc(Cl)c2)[C@@H](c2ccc(Cl)cc2)N(C2CCC2)C1=O. The molecule has 2 aromatic carbocycles. The first kappa shape index (κ1) is 21.2. The van der Waals surface area contributed by atoms with E-state index < -0.39 is 11.4 Å². The number of halogens is 2. The maximum Gasteiger partial charge on any atom is 0.304 e. The minimum absolute atomic E-state index is 0.0622. The molecular formula is C24H25Cl2NO3. The second-order valence-corrected chi connectivity index (χ2v) is 9.66. The van der Waals surface area contributed by atoms with E-state index in [-0.39, 0.29) is 30.3 Å². The number of hydrogen-bond donors (Lipinski definition) is 1. The highest BCUT2D eigenvalue weighted by Crippen LogP contribution is 2.53. The molecule has 1 N–H and O–H groups in total. The molecule has 1 saturated heterocycles. The molecule has 2 aliphatic rings. The van der Waals surface area contributed by atoms with Crippen LogP contribution >= 0.6 is 23.2 Å². The predicted octanol–water partition coefficient (Wildman–Crippen LogP) is 6.08. The third-order valence-electron chi connectivity index (χ3n) is 6.60. The zero-order chi connectivity index (χ0) is 21.5. The van der Waals surface area contributed by atoms with Crippen molar-refractivity contribution in [3.05, 3.63) is 69.7 Å². The lowest BCUT2D eigenvalue weighted by Crippen LogP contribution is -2.57. The van der Waals surface area contributed by atoms with Crippen LogP contribution in [0.3, 0.4) is 0 Å². The summed E-state index contributed by atoms with van der Waals surface area (Å²) in [5.41, 5.74) is 1.08. The summed E-state index contributed by atoms with van der Waals surface area (Å²) in [5.74, 6) is -1.07. The van der Waals surface area contributed by atoms with E-state index >= 15 is 0 Å². The van der Waals surface area contributed by atoms with Crippen LogP contribution in [0.2, 0.25) is 10.0 Å². The van der Waals surface area contributed by atoms with Gasteiger partial charge in [-0.1, -0.05) is 54.4 Å². The molecule has 1 aliphatic carbocycles. The van der Waals surface area contributed by atoms with Gasteiger partial charge in [0.15, 0.2) is 0 Å². The quantitative estimate of drug-likeness (QED) is 0.605. The zero-order valence-corrected chi connectivity index (χ0v) is 18.4.